The summed E-state index contributed by atoms with van der Waals surface area (Å²) in [7, 11) is 0. The molecule has 0 aliphatic carbocycles. The van der Waals surface area contributed by atoms with Crippen LogP contribution in [-0.2, 0) is 9.59 Å². The summed E-state index contributed by atoms with van der Waals surface area (Å²) in [6, 6.07) is 9.57. The van der Waals surface area contributed by atoms with Crippen LogP contribution in [0.25, 0.3) is 5.76 Å². The van der Waals surface area contributed by atoms with Crippen LogP contribution in [-0.4, -0.2) is 59.4 Å². The van der Waals surface area contributed by atoms with Crippen LogP contribution in [0.3, 0.4) is 0 Å². The van der Waals surface area contributed by atoms with E-state index in [0.29, 0.717) is 42.5 Å². The lowest BCUT2D eigenvalue weighted by Gasteiger charge is -2.26. The number of benzene rings is 1. The lowest BCUT2D eigenvalue weighted by molar-refractivity contribution is -0.140. The molecule has 3 rings (SSSR count). The molecule has 0 spiro atoms. The summed E-state index contributed by atoms with van der Waals surface area (Å²) in [5.41, 5.74) is 0.488. The Bertz CT molecular complexity index is 957. The van der Waals surface area contributed by atoms with Crippen molar-refractivity contribution in [3.8, 4) is 5.75 Å². The van der Waals surface area contributed by atoms with Gasteiger partial charge in [-0.05, 0) is 63.3 Å². The summed E-state index contributed by atoms with van der Waals surface area (Å²) < 4.78 is 11.2. The van der Waals surface area contributed by atoms with Crippen LogP contribution in [0, 0.1) is 6.92 Å². The van der Waals surface area contributed by atoms with Gasteiger partial charge in [0.25, 0.3) is 11.7 Å². The fourth-order valence-corrected chi connectivity index (χ4v) is 3.83. The van der Waals surface area contributed by atoms with Crippen molar-refractivity contribution < 1.29 is 23.8 Å². The Morgan fingerprint density at radius 2 is 1.77 bits per heavy atom. The molecule has 1 aromatic heterocycles. The van der Waals surface area contributed by atoms with Gasteiger partial charge in [-0.1, -0.05) is 13.8 Å². The SMILES string of the molecule is CCOc1ccc(/C(O)=C2/C(=O)C(=O)N(CCN(CC)CC)C2c2ccc(C)o2)cc1. The summed E-state index contributed by atoms with van der Waals surface area (Å²) in [6.07, 6.45) is 0. The molecule has 1 N–H and O–H groups in total. The minimum absolute atomic E-state index is 0.0445. The molecular formula is C24H30N2O5. The van der Waals surface area contributed by atoms with Gasteiger partial charge in [-0.2, -0.15) is 0 Å². The molecule has 2 heterocycles. The van der Waals surface area contributed by atoms with Gasteiger partial charge in [-0.3, -0.25) is 9.59 Å². The molecule has 0 bridgehead atoms. The second kappa shape index (κ2) is 9.83. The maximum Gasteiger partial charge on any atom is 0.295 e. The van der Waals surface area contributed by atoms with Crippen LogP contribution in [0.1, 0.15) is 43.9 Å². The van der Waals surface area contributed by atoms with E-state index in [0.717, 1.165) is 13.1 Å². The maximum absolute atomic E-state index is 13.0. The molecule has 7 heteroatoms. The van der Waals surface area contributed by atoms with Crippen molar-refractivity contribution in [2.75, 3.05) is 32.8 Å². The highest BCUT2D eigenvalue weighted by Gasteiger charge is 2.47. The molecule has 0 radical (unpaired) electrons. The van der Waals surface area contributed by atoms with Gasteiger partial charge in [0.2, 0.25) is 0 Å². The van der Waals surface area contributed by atoms with E-state index < -0.39 is 17.7 Å². The molecular weight excluding hydrogens is 396 g/mol. The largest absolute Gasteiger partial charge is 0.507 e. The molecule has 1 atom stereocenters. The number of ether oxygens (including phenoxy) is 1. The number of aryl methyl sites for hydroxylation is 1. The van der Waals surface area contributed by atoms with Gasteiger partial charge in [0, 0.05) is 18.7 Å². The van der Waals surface area contributed by atoms with Gasteiger partial charge in [-0.25, -0.2) is 0 Å². The number of hydrogen-bond donors (Lipinski definition) is 1. The monoisotopic (exact) mass is 426 g/mol. The lowest BCUT2D eigenvalue weighted by atomic mass is 9.99. The molecule has 1 aliphatic heterocycles. The first-order valence-corrected chi connectivity index (χ1v) is 10.7. The number of carbonyl (C=O) groups excluding carboxylic acids is 2. The van der Waals surface area contributed by atoms with E-state index in [1.54, 1.807) is 43.3 Å². The molecule has 1 unspecified atom stereocenters. The smallest absolute Gasteiger partial charge is 0.295 e. The van der Waals surface area contributed by atoms with E-state index >= 15 is 0 Å². The van der Waals surface area contributed by atoms with Crippen LogP contribution in [0.15, 0.2) is 46.4 Å². The Balaban J connectivity index is 2.03. The molecule has 1 aromatic carbocycles. The summed E-state index contributed by atoms with van der Waals surface area (Å²) >= 11 is 0. The number of hydrogen-bond acceptors (Lipinski definition) is 6. The molecule has 2 aromatic rings. The predicted molar refractivity (Wildman–Crippen MR) is 118 cm³/mol. The van der Waals surface area contributed by atoms with Gasteiger partial charge in [0.1, 0.15) is 29.1 Å². The van der Waals surface area contributed by atoms with Crippen molar-refractivity contribution in [3.05, 3.63) is 59.1 Å². The minimum atomic E-state index is -0.768. The number of rotatable bonds is 9. The minimum Gasteiger partial charge on any atom is -0.507 e. The Labute approximate surface area is 182 Å². The van der Waals surface area contributed by atoms with E-state index in [-0.39, 0.29) is 11.3 Å². The van der Waals surface area contributed by atoms with E-state index in [1.807, 2.05) is 6.92 Å². The summed E-state index contributed by atoms with van der Waals surface area (Å²) in [4.78, 5) is 29.6. The maximum atomic E-state index is 13.0. The van der Waals surface area contributed by atoms with E-state index in [2.05, 4.69) is 18.7 Å². The first-order valence-electron chi connectivity index (χ1n) is 10.7. The highest BCUT2D eigenvalue weighted by atomic mass is 16.5. The molecule has 166 valence electrons. The van der Waals surface area contributed by atoms with Gasteiger partial charge in [0.05, 0.1) is 12.2 Å². The standard InChI is InChI=1S/C24H30N2O5/c1-5-25(6-2)14-15-26-21(19-13-8-16(4)31-19)20(23(28)24(26)29)22(27)17-9-11-18(12-10-17)30-7-3/h8-13,21,27H,5-7,14-15H2,1-4H3/b22-20-. The summed E-state index contributed by atoms with van der Waals surface area (Å²) in [5.74, 6) is 0.250. The number of aliphatic hydroxyl groups excluding tert-OH is 1. The number of nitrogens with zero attached hydrogens (tertiary/aromatic N) is 2. The Hall–Kier alpha value is -3.06. The number of Topliss-reactive ketones (excluding diaryl/α,β-unsaturated/α-hetero) is 1. The molecule has 1 amide bonds. The van der Waals surface area contributed by atoms with Gasteiger partial charge >= 0.3 is 0 Å². The number of carbonyl (C=O) groups is 2. The first-order chi connectivity index (χ1) is 14.9. The average Bonchev–Trinajstić information content (AvgIpc) is 3.30. The number of furan rings is 1. The highest BCUT2D eigenvalue weighted by molar-refractivity contribution is 6.46. The molecule has 1 saturated heterocycles. The quantitative estimate of drug-likeness (QED) is 0.374. The van der Waals surface area contributed by atoms with Crippen molar-refractivity contribution in [1.82, 2.24) is 9.80 Å². The van der Waals surface area contributed by atoms with Crippen molar-refractivity contribution >= 4 is 17.4 Å². The number of likely N-dealkylation sites (N-methyl/N-ethyl adjacent to an activating group) is 1. The highest BCUT2D eigenvalue weighted by Crippen LogP contribution is 2.40. The Morgan fingerprint density at radius 1 is 1.10 bits per heavy atom. The third kappa shape index (κ3) is 4.66. The number of aliphatic hydroxyl groups is 1. The molecule has 0 saturated carbocycles. The van der Waals surface area contributed by atoms with Gasteiger partial charge < -0.3 is 24.1 Å². The van der Waals surface area contributed by atoms with Crippen LogP contribution in [0.4, 0.5) is 0 Å². The molecule has 31 heavy (non-hydrogen) atoms. The fraction of sp³-hybridized carbons (Fsp3) is 0.417. The zero-order valence-corrected chi connectivity index (χ0v) is 18.6. The van der Waals surface area contributed by atoms with Crippen LogP contribution in [0.5, 0.6) is 5.75 Å². The van der Waals surface area contributed by atoms with Crippen molar-refractivity contribution in [2.24, 2.45) is 0 Å². The summed E-state index contributed by atoms with van der Waals surface area (Å²) in [5, 5.41) is 11.0. The van der Waals surface area contributed by atoms with Crippen LogP contribution < -0.4 is 4.74 Å². The number of amides is 1. The third-order valence-electron chi connectivity index (χ3n) is 5.56. The van der Waals surface area contributed by atoms with Gasteiger partial charge in [-0.15, -0.1) is 0 Å². The zero-order valence-electron chi connectivity index (χ0n) is 18.6. The topological polar surface area (TPSA) is 83.2 Å². The fourth-order valence-electron chi connectivity index (χ4n) is 3.83. The zero-order chi connectivity index (χ0) is 22.5. The molecule has 1 fully saturated rings. The van der Waals surface area contributed by atoms with Crippen molar-refractivity contribution in [2.45, 2.75) is 33.7 Å². The van der Waals surface area contributed by atoms with Crippen molar-refractivity contribution in [3.63, 3.8) is 0 Å². The number of likely N-dealkylation sites (tertiary alicyclic amines) is 1. The first kappa shape index (κ1) is 22.6. The van der Waals surface area contributed by atoms with Crippen LogP contribution >= 0.6 is 0 Å². The van der Waals surface area contributed by atoms with E-state index in [4.69, 9.17) is 9.15 Å². The lowest BCUT2D eigenvalue weighted by Crippen LogP contribution is -2.37. The average molecular weight is 427 g/mol. The van der Waals surface area contributed by atoms with E-state index in [9.17, 15) is 14.7 Å². The second-order valence-electron chi connectivity index (χ2n) is 7.43. The third-order valence-corrected chi connectivity index (χ3v) is 5.56. The van der Waals surface area contributed by atoms with Gasteiger partial charge in [0.15, 0.2) is 0 Å². The predicted octanol–water partition coefficient (Wildman–Crippen LogP) is 3.75. The van der Waals surface area contributed by atoms with Crippen LogP contribution in [0.2, 0.25) is 0 Å². The molecule has 7 nitrogen and oxygen atoms in total. The number of ketones is 1. The second-order valence-corrected chi connectivity index (χ2v) is 7.43. The van der Waals surface area contributed by atoms with Crippen molar-refractivity contribution in [1.29, 1.82) is 0 Å². The van der Waals surface area contributed by atoms with E-state index in [1.165, 1.54) is 4.90 Å². The Morgan fingerprint density at radius 3 is 2.32 bits per heavy atom. The normalized spacial score (nSPS) is 18.2. The Kier molecular flexibility index (Phi) is 7.17. The molecule has 1 aliphatic rings. The summed E-state index contributed by atoms with van der Waals surface area (Å²) in [6.45, 7) is 11.0.